The maximum Gasteiger partial charge on any atom is 0.419 e. The fourth-order valence-corrected chi connectivity index (χ4v) is 3.74. The monoisotopic (exact) mass is 444 g/mol. The first kappa shape index (κ1) is 20.2. The van der Waals surface area contributed by atoms with Crippen LogP contribution in [-0.2, 0) is 11.0 Å². The number of amides is 1. The average Bonchev–Trinajstić information content (AvgIpc) is 3.32. The largest absolute Gasteiger partial charge is 0.419 e. The number of alkyl halides is 3. The lowest BCUT2D eigenvalue weighted by Gasteiger charge is -2.18. The summed E-state index contributed by atoms with van der Waals surface area (Å²) in [6, 6.07) is 0. The van der Waals surface area contributed by atoms with Gasteiger partial charge in [0, 0.05) is 28.6 Å². The maximum absolute atomic E-state index is 15.2. The number of hydrogen-bond acceptors (Lipinski definition) is 4. The van der Waals surface area contributed by atoms with Gasteiger partial charge in [-0.15, -0.1) is 0 Å². The Morgan fingerprint density at radius 2 is 2.03 bits per heavy atom. The Hall–Kier alpha value is -3.76. The predicted molar refractivity (Wildman–Crippen MR) is 109 cm³/mol. The zero-order valence-electron chi connectivity index (χ0n) is 16.7. The molecule has 0 unspecified atom stereocenters. The third-order valence-electron chi connectivity index (χ3n) is 5.35. The molecule has 1 fully saturated rings. The number of hydrogen-bond donors (Lipinski definition) is 2. The van der Waals surface area contributed by atoms with Crippen LogP contribution in [0.1, 0.15) is 30.9 Å². The Bertz CT molecular complexity index is 1410. The molecule has 0 saturated heterocycles. The van der Waals surface area contributed by atoms with Crippen molar-refractivity contribution in [2.24, 2.45) is 5.92 Å². The topological polar surface area (TPSA) is 88.0 Å². The molecule has 1 aliphatic carbocycles. The van der Waals surface area contributed by atoms with Gasteiger partial charge in [-0.2, -0.15) is 18.3 Å². The van der Waals surface area contributed by atoms with Gasteiger partial charge in [-0.05, 0) is 25.3 Å². The van der Waals surface area contributed by atoms with Crippen LogP contribution in [0.25, 0.3) is 33.4 Å². The number of aromatic nitrogens is 5. The van der Waals surface area contributed by atoms with Crippen LogP contribution in [0.3, 0.4) is 0 Å². The molecule has 2 N–H and O–H groups in total. The molecule has 1 amide bonds. The molecule has 1 aromatic carbocycles. The van der Waals surface area contributed by atoms with Crippen LogP contribution in [0.4, 0.5) is 23.4 Å². The number of rotatable bonds is 4. The van der Waals surface area contributed by atoms with E-state index >= 15 is 4.39 Å². The van der Waals surface area contributed by atoms with Gasteiger partial charge in [0.15, 0.2) is 11.5 Å². The van der Waals surface area contributed by atoms with Crippen molar-refractivity contribution in [3.63, 3.8) is 0 Å². The third-order valence-corrected chi connectivity index (χ3v) is 5.35. The van der Waals surface area contributed by atoms with Crippen LogP contribution < -0.4 is 5.32 Å². The number of anilines is 1. The average molecular weight is 444 g/mol. The number of imidazole rings is 1. The molecule has 4 aromatic rings. The van der Waals surface area contributed by atoms with Crippen LogP contribution in [0.5, 0.6) is 0 Å². The predicted octanol–water partition coefficient (Wildman–Crippen LogP) is 4.81. The molecule has 7 nitrogen and oxygen atoms in total. The van der Waals surface area contributed by atoms with Crippen molar-refractivity contribution in [3.05, 3.63) is 48.3 Å². The Balaban J connectivity index is 1.71. The fraction of sp³-hybridized carbons (Fsp3) is 0.238. The summed E-state index contributed by atoms with van der Waals surface area (Å²) in [6.07, 6.45) is 1.88. The minimum Gasteiger partial charge on any atom is -0.309 e. The number of fused-ring (bicyclic) bond motifs is 2. The lowest BCUT2D eigenvalue weighted by Crippen LogP contribution is -2.13. The van der Waals surface area contributed by atoms with E-state index < -0.39 is 23.1 Å². The minimum absolute atomic E-state index is 0.0352. The van der Waals surface area contributed by atoms with Crippen molar-refractivity contribution in [1.29, 1.82) is 0 Å². The summed E-state index contributed by atoms with van der Waals surface area (Å²) < 4.78 is 58.7. The van der Waals surface area contributed by atoms with E-state index in [4.69, 9.17) is 0 Å². The van der Waals surface area contributed by atoms with Gasteiger partial charge in [0.05, 0.1) is 29.8 Å². The molecular formula is C21H16F4N6O. The van der Waals surface area contributed by atoms with Crippen LogP contribution in [-0.4, -0.2) is 30.5 Å². The van der Waals surface area contributed by atoms with E-state index in [0.29, 0.717) is 5.65 Å². The molecule has 11 heteroatoms. The highest BCUT2D eigenvalue weighted by Crippen LogP contribution is 2.45. The van der Waals surface area contributed by atoms with E-state index in [-0.39, 0.29) is 45.4 Å². The number of carbonyl (C=O) groups is 1. The summed E-state index contributed by atoms with van der Waals surface area (Å²) in [7, 11) is 0. The van der Waals surface area contributed by atoms with Gasteiger partial charge in [0.25, 0.3) is 0 Å². The summed E-state index contributed by atoms with van der Waals surface area (Å²) in [5, 5.41) is 9.13. The second kappa shape index (κ2) is 6.87. The summed E-state index contributed by atoms with van der Waals surface area (Å²) >= 11 is 0. The number of halogens is 4. The van der Waals surface area contributed by atoms with Gasteiger partial charge in [0.1, 0.15) is 11.4 Å². The SMILES string of the molecule is C=C(C)c1c(F)c(C(F)(F)F)c(-c2cn3cc(NC(=O)C4CC4)nc3cn2)c2cn[nH]c12. The highest BCUT2D eigenvalue weighted by molar-refractivity contribution is 6.01. The van der Waals surface area contributed by atoms with Gasteiger partial charge in [-0.1, -0.05) is 6.58 Å². The molecule has 1 saturated carbocycles. The third kappa shape index (κ3) is 3.20. The number of H-pyrrole nitrogens is 1. The summed E-state index contributed by atoms with van der Waals surface area (Å²) in [5.41, 5.74) is -1.74. The fourth-order valence-electron chi connectivity index (χ4n) is 3.74. The number of allylic oxidation sites excluding steroid dienone is 1. The number of benzene rings is 1. The highest BCUT2D eigenvalue weighted by Gasteiger charge is 2.41. The van der Waals surface area contributed by atoms with Crippen molar-refractivity contribution < 1.29 is 22.4 Å². The van der Waals surface area contributed by atoms with E-state index in [1.165, 1.54) is 36.1 Å². The summed E-state index contributed by atoms with van der Waals surface area (Å²) in [5.74, 6) is -1.37. The smallest absolute Gasteiger partial charge is 0.309 e. The lowest BCUT2D eigenvalue weighted by atomic mass is 9.93. The van der Waals surface area contributed by atoms with Crippen LogP contribution >= 0.6 is 0 Å². The Morgan fingerprint density at radius 1 is 1.28 bits per heavy atom. The molecule has 5 rings (SSSR count). The first-order chi connectivity index (χ1) is 15.1. The number of nitrogens with zero attached hydrogens (tertiary/aromatic N) is 4. The van der Waals surface area contributed by atoms with Crippen molar-refractivity contribution in [1.82, 2.24) is 24.6 Å². The zero-order valence-corrected chi connectivity index (χ0v) is 16.7. The number of carbonyl (C=O) groups excluding carboxylic acids is 1. The van der Waals surface area contributed by atoms with Crippen LogP contribution in [0.15, 0.2) is 31.4 Å². The normalized spacial score (nSPS) is 14.3. The molecule has 0 spiro atoms. The van der Waals surface area contributed by atoms with E-state index in [9.17, 15) is 18.0 Å². The van der Waals surface area contributed by atoms with Gasteiger partial charge in [0.2, 0.25) is 5.91 Å². The Kier molecular flexibility index (Phi) is 4.33. The van der Waals surface area contributed by atoms with E-state index in [1.54, 1.807) is 0 Å². The molecule has 0 aliphatic heterocycles. The molecule has 164 valence electrons. The van der Waals surface area contributed by atoms with Gasteiger partial charge >= 0.3 is 6.18 Å². The Labute approximate surface area is 178 Å². The van der Waals surface area contributed by atoms with Gasteiger partial charge in [-0.25, -0.2) is 9.37 Å². The van der Waals surface area contributed by atoms with Crippen molar-refractivity contribution in [3.8, 4) is 11.3 Å². The Morgan fingerprint density at radius 3 is 2.69 bits per heavy atom. The molecule has 0 atom stereocenters. The number of nitrogens with one attached hydrogen (secondary N) is 2. The van der Waals surface area contributed by atoms with Crippen molar-refractivity contribution in [2.45, 2.75) is 25.9 Å². The minimum atomic E-state index is -5.00. The quantitative estimate of drug-likeness (QED) is 0.442. The van der Waals surface area contributed by atoms with Gasteiger partial charge < -0.3 is 9.72 Å². The van der Waals surface area contributed by atoms with E-state index in [1.807, 2.05) is 0 Å². The van der Waals surface area contributed by atoms with E-state index in [2.05, 4.69) is 32.1 Å². The van der Waals surface area contributed by atoms with Gasteiger partial charge in [-0.3, -0.25) is 14.9 Å². The summed E-state index contributed by atoms with van der Waals surface area (Å²) in [6.45, 7) is 5.03. The molecule has 0 bridgehead atoms. The van der Waals surface area contributed by atoms with E-state index in [0.717, 1.165) is 12.8 Å². The standard InChI is InChI=1S/C21H16F4N6O/c1-9(2)15-18(22)17(21(23,24)25)16(11-5-27-30-19(11)15)12-7-31-8-13(28-14(31)6-26-12)29-20(32)10-3-4-10/h5-8,10H,1,3-4H2,2H3,(H,27,30)(H,29,32). The molecule has 3 aromatic heterocycles. The van der Waals surface area contributed by atoms with Crippen molar-refractivity contribution >= 4 is 33.8 Å². The maximum atomic E-state index is 15.2. The first-order valence-electron chi connectivity index (χ1n) is 9.72. The number of aromatic amines is 1. The molecular weight excluding hydrogens is 428 g/mol. The summed E-state index contributed by atoms with van der Waals surface area (Å²) in [4.78, 5) is 20.3. The molecule has 0 radical (unpaired) electrons. The highest BCUT2D eigenvalue weighted by atomic mass is 19.4. The van der Waals surface area contributed by atoms with Crippen LogP contribution in [0, 0.1) is 11.7 Å². The first-order valence-corrected chi connectivity index (χ1v) is 9.72. The zero-order chi connectivity index (χ0) is 22.8. The van der Waals surface area contributed by atoms with Crippen LogP contribution in [0.2, 0.25) is 0 Å². The molecule has 1 aliphatic rings. The lowest BCUT2D eigenvalue weighted by molar-refractivity contribution is -0.139. The van der Waals surface area contributed by atoms with Crippen molar-refractivity contribution in [2.75, 3.05) is 5.32 Å². The molecule has 32 heavy (non-hydrogen) atoms. The second-order valence-corrected chi connectivity index (χ2v) is 7.80. The molecule has 3 heterocycles. The second-order valence-electron chi connectivity index (χ2n) is 7.80.